The Morgan fingerprint density at radius 2 is 2.05 bits per heavy atom. The molecule has 0 spiro atoms. The summed E-state index contributed by atoms with van der Waals surface area (Å²) in [6.07, 6.45) is 8.46. The molecule has 0 aromatic heterocycles. The van der Waals surface area contributed by atoms with Crippen LogP contribution in [0.5, 0.6) is 0 Å². The van der Waals surface area contributed by atoms with Crippen LogP contribution in [0, 0.1) is 5.41 Å². The SMILES string of the molecule is CCC(C)(CN)C(=O)NCCCOC1CCCCC1. The highest BCUT2D eigenvalue weighted by Gasteiger charge is 2.28. The first-order valence-electron chi connectivity index (χ1n) is 7.72. The summed E-state index contributed by atoms with van der Waals surface area (Å²) < 4.78 is 5.83. The largest absolute Gasteiger partial charge is 0.378 e. The van der Waals surface area contributed by atoms with Crippen molar-refractivity contribution in [3.05, 3.63) is 0 Å². The van der Waals surface area contributed by atoms with Crippen LogP contribution in [0.1, 0.15) is 58.8 Å². The van der Waals surface area contributed by atoms with Gasteiger partial charge >= 0.3 is 0 Å². The molecule has 0 aromatic carbocycles. The lowest BCUT2D eigenvalue weighted by atomic mass is 9.87. The molecule has 0 aromatic rings. The summed E-state index contributed by atoms with van der Waals surface area (Å²) in [5, 5.41) is 2.96. The molecule has 0 radical (unpaired) electrons. The minimum Gasteiger partial charge on any atom is -0.378 e. The molecule has 4 nitrogen and oxygen atoms in total. The topological polar surface area (TPSA) is 64.4 Å². The molecule has 1 fully saturated rings. The monoisotopic (exact) mass is 270 g/mol. The lowest BCUT2D eigenvalue weighted by Crippen LogP contribution is -2.44. The third kappa shape index (κ3) is 5.49. The highest BCUT2D eigenvalue weighted by atomic mass is 16.5. The van der Waals surface area contributed by atoms with Crippen molar-refractivity contribution in [1.82, 2.24) is 5.32 Å². The molecular weight excluding hydrogens is 240 g/mol. The van der Waals surface area contributed by atoms with Crippen molar-refractivity contribution in [1.29, 1.82) is 0 Å². The molecule has 1 aliphatic carbocycles. The van der Waals surface area contributed by atoms with Crippen molar-refractivity contribution in [3.63, 3.8) is 0 Å². The summed E-state index contributed by atoms with van der Waals surface area (Å²) in [4.78, 5) is 12.0. The van der Waals surface area contributed by atoms with Crippen LogP contribution in [0.15, 0.2) is 0 Å². The Hall–Kier alpha value is -0.610. The molecule has 1 rings (SSSR count). The molecule has 1 aliphatic rings. The van der Waals surface area contributed by atoms with E-state index in [0.717, 1.165) is 19.4 Å². The highest BCUT2D eigenvalue weighted by Crippen LogP contribution is 2.20. The smallest absolute Gasteiger partial charge is 0.227 e. The van der Waals surface area contributed by atoms with Gasteiger partial charge < -0.3 is 15.8 Å². The van der Waals surface area contributed by atoms with Gasteiger partial charge in [-0.05, 0) is 32.6 Å². The summed E-state index contributed by atoms with van der Waals surface area (Å²) in [5.74, 6) is 0.0650. The molecule has 1 amide bonds. The molecular formula is C15H30N2O2. The van der Waals surface area contributed by atoms with Gasteiger partial charge in [0.2, 0.25) is 5.91 Å². The fourth-order valence-electron chi connectivity index (χ4n) is 2.37. The van der Waals surface area contributed by atoms with E-state index >= 15 is 0 Å². The van der Waals surface area contributed by atoms with E-state index in [1.807, 2.05) is 13.8 Å². The molecule has 1 unspecified atom stereocenters. The first kappa shape index (κ1) is 16.4. The normalized spacial score (nSPS) is 19.9. The van der Waals surface area contributed by atoms with Crippen LogP contribution in [-0.2, 0) is 9.53 Å². The van der Waals surface area contributed by atoms with Gasteiger partial charge in [-0.2, -0.15) is 0 Å². The number of ether oxygens (including phenoxy) is 1. The van der Waals surface area contributed by atoms with Gasteiger partial charge in [-0.15, -0.1) is 0 Å². The maximum atomic E-state index is 12.0. The predicted octanol–water partition coefficient (Wildman–Crippen LogP) is 2.22. The van der Waals surface area contributed by atoms with E-state index in [1.54, 1.807) is 0 Å². The molecule has 0 saturated heterocycles. The fraction of sp³-hybridized carbons (Fsp3) is 0.933. The van der Waals surface area contributed by atoms with Gasteiger partial charge in [0.05, 0.1) is 11.5 Å². The zero-order valence-electron chi connectivity index (χ0n) is 12.5. The van der Waals surface area contributed by atoms with Gasteiger partial charge in [0.15, 0.2) is 0 Å². The molecule has 1 saturated carbocycles. The number of carbonyl (C=O) groups excluding carboxylic acids is 1. The number of hydrogen-bond donors (Lipinski definition) is 2. The summed E-state index contributed by atoms with van der Waals surface area (Å²) >= 11 is 0. The van der Waals surface area contributed by atoms with Gasteiger partial charge in [0.25, 0.3) is 0 Å². The van der Waals surface area contributed by atoms with Crippen LogP contribution in [0.25, 0.3) is 0 Å². The Labute approximate surface area is 117 Å². The number of amides is 1. The first-order valence-corrected chi connectivity index (χ1v) is 7.72. The number of carbonyl (C=O) groups is 1. The second-order valence-corrected chi connectivity index (χ2v) is 5.86. The Balaban J connectivity index is 2.08. The first-order chi connectivity index (χ1) is 9.12. The van der Waals surface area contributed by atoms with E-state index in [-0.39, 0.29) is 5.91 Å². The molecule has 3 N–H and O–H groups in total. The van der Waals surface area contributed by atoms with Gasteiger partial charge in [0, 0.05) is 19.7 Å². The average Bonchev–Trinajstić information content (AvgIpc) is 2.47. The number of rotatable bonds is 8. The van der Waals surface area contributed by atoms with Crippen molar-refractivity contribution in [3.8, 4) is 0 Å². The van der Waals surface area contributed by atoms with Gasteiger partial charge in [-0.25, -0.2) is 0 Å². The third-order valence-corrected chi connectivity index (χ3v) is 4.29. The second-order valence-electron chi connectivity index (χ2n) is 5.86. The van der Waals surface area contributed by atoms with Crippen molar-refractivity contribution in [2.75, 3.05) is 19.7 Å². The number of nitrogens with one attached hydrogen (secondary N) is 1. The lowest BCUT2D eigenvalue weighted by molar-refractivity contribution is -0.129. The maximum Gasteiger partial charge on any atom is 0.227 e. The van der Waals surface area contributed by atoms with E-state index < -0.39 is 5.41 Å². The van der Waals surface area contributed by atoms with Crippen LogP contribution in [-0.4, -0.2) is 31.7 Å². The zero-order chi connectivity index (χ0) is 14.1. The Bertz CT molecular complexity index is 259. The highest BCUT2D eigenvalue weighted by molar-refractivity contribution is 5.82. The second kappa shape index (κ2) is 8.54. The van der Waals surface area contributed by atoms with Crippen molar-refractivity contribution < 1.29 is 9.53 Å². The Morgan fingerprint density at radius 1 is 1.37 bits per heavy atom. The van der Waals surface area contributed by atoms with Crippen molar-refractivity contribution >= 4 is 5.91 Å². The average molecular weight is 270 g/mol. The van der Waals surface area contributed by atoms with Crippen molar-refractivity contribution in [2.45, 2.75) is 64.9 Å². The van der Waals surface area contributed by atoms with Gasteiger partial charge in [-0.1, -0.05) is 26.2 Å². The summed E-state index contributed by atoms with van der Waals surface area (Å²) in [5.41, 5.74) is 5.23. The molecule has 0 aliphatic heterocycles. The van der Waals surface area contributed by atoms with Crippen LogP contribution >= 0.6 is 0 Å². The summed E-state index contributed by atoms with van der Waals surface area (Å²) in [6, 6.07) is 0. The van der Waals surface area contributed by atoms with Crippen LogP contribution in [0.2, 0.25) is 0 Å². The molecule has 112 valence electrons. The summed E-state index contributed by atoms with van der Waals surface area (Å²) in [7, 11) is 0. The Kier molecular flexibility index (Phi) is 7.39. The minimum atomic E-state index is -0.426. The van der Waals surface area contributed by atoms with E-state index in [9.17, 15) is 4.79 Å². The molecule has 4 heteroatoms. The van der Waals surface area contributed by atoms with E-state index in [4.69, 9.17) is 10.5 Å². The predicted molar refractivity (Wildman–Crippen MR) is 77.9 cm³/mol. The Morgan fingerprint density at radius 3 is 2.63 bits per heavy atom. The van der Waals surface area contributed by atoms with Crippen LogP contribution in [0.3, 0.4) is 0 Å². The summed E-state index contributed by atoms with van der Waals surface area (Å²) in [6.45, 7) is 5.74. The van der Waals surface area contributed by atoms with Crippen LogP contribution in [0.4, 0.5) is 0 Å². The molecule has 19 heavy (non-hydrogen) atoms. The standard InChI is InChI=1S/C15H30N2O2/c1-3-15(2,12-16)14(18)17-10-7-11-19-13-8-5-4-6-9-13/h13H,3-12,16H2,1-2H3,(H,17,18). The van der Waals surface area contributed by atoms with Gasteiger partial charge in [0.1, 0.15) is 0 Å². The van der Waals surface area contributed by atoms with E-state index in [0.29, 0.717) is 19.2 Å². The minimum absolute atomic E-state index is 0.0650. The molecule has 1 atom stereocenters. The zero-order valence-corrected chi connectivity index (χ0v) is 12.5. The third-order valence-electron chi connectivity index (χ3n) is 4.29. The van der Waals surface area contributed by atoms with Crippen molar-refractivity contribution in [2.24, 2.45) is 11.1 Å². The quantitative estimate of drug-likeness (QED) is 0.665. The number of nitrogens with two attached hydrogens (primary N) is 1. The fourth-order valence-corrected chi connectivity index (χ4v) is 2.37. The van der Waals surface area contributed by atoms with Crippen LogP contribution < -0.4 is 11.1 Å². The maximum absolute atomic E-state index is 12.0. The van der Waals surface area contributed by atoms with E-state index in [2.05, 4.69) is 5.32 Å². The van der Waals surface area contributed by atoms with E-state index in [1.165, 1.54) is 32.1 Å². The number of hydrogen-bond acceptors (Lipinski definition) is 3. The van der Waals surface area contributed by atoms with Gasteiger partial charge in [-0.3, -0.25) is 4.79 Å². The molecule has 0 bridgehead atoms. The molecule has 0 heterocycles. The lowest BCUT2D eigenvalue weighted by Gasteiger charge is -2.25.